The summed E-state index contributed by atoms with van der Waals surface area (Å²) in [6.45, 7) is 7.77. The second kappa shape index (κ2) is 6.20. The zero-order valence-corrected chi connectivity index (χ0v) is 12.2. The molecule has 2 rings (SSSR count). The first-order valence-electron chi connectivity index (χ1n) is 7.16. The topological polar surface area (TPSA) is 23.6 Å². The smallest absolute Gasteiger partial charge is 0.150 e. The van der Waals surface area contributed by atoms with E-state index in [1.807, 2.05) is 13.0 Å². The lowest BCUT2D eigenvalue weighted by Crippen LogP contribution is -2.43. The standard InChI is InChI=1S/C16H24N2O/c1-4-18-9-7-15(8-10-18)17(3)16-6-5-14(12-19)13(2)11-16/h5-6,11-12,15H,4,7-10H2,1-3H3. The number of aldehydes is 1. The van der Waals surface area contributed by atoms with Gasteiger partial charge in [0.2, 0.25) is 0 Å². The minimum atomic E-state index is 0.615. The van der Waals surface area contributed by atoms with Gasteiger partial charge in [-0.25, -0.2) is 0 Å². The monoisotopic (exact) mass is 260 g/mol. The van der Waals surface area contributed by atoms with Crippen LogP contribution in [0.1, 0.15) is 35.7 Å². The lowest BCUT2D eigenvalue weighted by molar-refractivity contribution is 0.112. The van der Waals surface area contributed by atoms with Crippen molar-refractivity contribution < 1.29 is 4.79 Å². The molecule has 0 radical (unpaired) electrons. The Bertz CT molecular complexity index is 436. The Labute approximate surface area is 116 Å². The van der Waals surface area contributed by atoms with E-state index in [2.05, 4.69) is 35.9 Å². The quantitative estimate of drug-likeness (QED) is 0.778. The van der Waals surface area contributed by atoms with Crippen LogP contribution in [0.5, 0.6) is 0 Å². The summed E-state index contributed by atoms with van der Waals surface area (Å²) in [6.07, 6.45) is 3.37. The van der Waals surface area contributed by atoms with E-state index in [9.17, 15) is 4.79 Å². The van der Waals surface area contributed by atoms with Crippen molar-refractivity contribution in [1.29, 1.82) is 0 Å². The third-order valence-corrected chi connectivity index (χ3v) is 4.34. The van der Waals surface area contributed by atoms with E-state index in [0.29, 0.717) is 6.04 Å². The molecule has 104 valence electrons. The fourth-order valence-corrected chi connectivity index (χ4v) is 2.85. The molecule has 1 aliphatic rings. The molecule has 0 saturated carbocycles. The number of rotatable bonds is 4. The highest BCUT2D eigenvalue weighted by Crippen LogP contribution is 2.23. The molecule has 0 aliphatic carbocycles. The molecule has 0 bridgehead atoms. The van der Waals surface area contributed by atoms with Gasteiger partial charge in [-0.1, -0.05) is 6.92 Å². The highest BCUT2D eigenvalue weighted by Gasteiger charge is 2.21. The Morgan fingerprint density at radius 3 is 2.58 bits per heavy atom. The van der Waals surface area contributed by atoms with Gasteiger partial charge in [-0.3, -0.25) is 4.79 Å². The molecular formula is C16H24N2O. The fraction of sp³-hybridized carbons (Fsp3) is 0.562. The highest BCUT2D eigenvalue weighted by atomic mass is 16.1. The zero-order valence-electron chi connectivity index (χ0n) is 12.2. The SMILES string of the molecule is CCN1CCC(N(C)c2ccc(C=O)c(C)c2)CC1. The molecule has 0 spiro atoms. The van der Waals surface area contributed by atoms with Crippen molar-refractivity contribution in [3.63, 3.8) is 0 Å². The summed E-state index contributed by atoms with van der Waals surface area (Å²) in [6, 6.07) is 6.72. The molecule has 0 N–H and O–H groups in total. The van der Waals surface area contributed by atoms with Gasteiger partial charge < -0.3 is 9.80 Å². The van der Waals surface area contributed by atoms with E-state index in [4.69, 9.17) is 0 Å². The van der Waals surface area contributed by atoms with Crippen molar-refractivity contribution in [3.05, 3.63) is 29.3 Å². The molecule has 0 aromatic heterocycles. The first kappa shape index (κ1) is 14.1. The molecule has 0 amide bonds. The predicted molar refractivity (Wildman–Crippen MR) is 80.1 cm³/mol. The summed E-state index contributed by atoms with van der Waals surface area (Å²) in [4.78, 5) is 15.7. The van der Waals surface area contributed by atoms with Crippen LogP contribution in [0.2, 0.25) is 0 Å². The van der Waals surface area contributed by atoms with E-state index >= 15 is 0 Å². The van der Waals surface area contributed by atoms with Crippen molar-refractivity contribution in [3.8, 4) is 0 Å². The molecule has 1 aromatic carbocycles. The number of nitrogens with zero attached hydrogens (tertiary/aromatic N) is 2. The highest BCUT2D eigenvalue weighted by molar-refractivity contribution is 5.78. The number of hydrogen-bond acceptors (Lipinski definition) is 3. The van der Waals surface area contributed by atoms with Crippen LogP contribution < -0.4 is 4.90 Å². The number of anilines is 1. The van der Waals surface area contributed by atoms with Gasteiger partial charge in [-0.15, -0.1) is 0 Å². The molecule has 1 aliphatic heterocycles. The Balaban J connectivity index is 2.05. The number of aryl methyl sites for hydroxylation is 1. The van der Waals surface area contributed by atoms with Gasteiger partial charge in [-0.2, -0.15) is 0 Å². The maximum absolute atomic E-state index is 10.9. The summed E-state index contributed by atoms with van der Waals surface area (Å²) in [5.41, 5.74) is 3.07. The lowest BCUT2D eigenvalue weighted by atomic mass is 10.0. The maximum atomic E-state index is 10.9. The average Bonchev–Trinajstić information content (AvgIpc) is 2.46. The second-order valence-electron chi connectivity index (χ2n) is 5.44. The minimum absolute atomic E-state index is 0.615. The van der Waals surface area contributed by atoms with Gasteiger partial charge in [-0.05, 0) is 50.1 Å². The Morgan fingerprint density at radius 2 is 2.05 bits per heavy atom. The van der Waals surface area contributed by atoms with Crippen molar-refractivity contribution in [2.75, 3.05) is 31.6 Å². The number of likely N-dealkylation sites (tertiary alicyclic amines) is 1. The molecule has 1 saturated heterocycles. The molecule has 0 atom stereocenters. The van der Waals surface area contributed by atoms with Crippen LogP contribution in [0.15, 0.2) is 18.2 Å². The normalized spacial score (nSPS) is 17.4. The van der Waals surface area contributed by atoms with E-state index in [1.165, 1.54) is 31.6 Å². The average molecular weight is 260 g/mol. The summed E-state index contributed by atoms with van der Waals surface area (Å²) < 4.78 is 0. The van der Waals surface area contributed by atoms with Crippen molar-refractivity contribution >= 4 is 12.0 Å². The van der Waals surface area contributed by atoms with Gasteiger partial charge in [0.05, 0.1) is 0 Å². The van der Waals surface area contributed by atoms with Crippen molar-refractivity contribution in [1.82, 2.24) is 4.90 Å². The van der Waals surface area contributed by atoms with Gasteiger partial charge in [0.25, 0.3) is 0 Å². The van der Waals surface area contributed by atoms with Crippen LogP contribution in [-0.2, 0) is 0 Å². The van der Waals surface area contributed by atoms with Gasteiger partial charge in [0.15, 0.2) is 0 Å². The lowest BCUT2D eigenvalue weighted by Gasteiger charge is -2.37. The molecule has 1 heterocycles. The van der Waals surface area contributed by atoms with Gasteiger partial charge in [0, 0.05) is 37.4 Å². The third kappa shape index (κ3) is 3.16. The fourth-order valence-electron chi connectivity index (χ4n) is 2.85. The molecule has 19 heavy (non-hydrogen) atoms. The number of hydrogen-bond donors (Lipinski definition) is 0. The maximum Gasteiger partial charge on any atom is 0.150 e. The molecule has 3 heteroatoms. The number of carbonyl (C=O) groups excluding carboxylic acids is 1. The number of piperidine rings is 1. The second-order valence-corrected chi connectivity index (χ2v) is 5.44. The summed E-state index contributed by atoms with van der Waals surface area (Å²) in [5, 5.41) is 0. The van der Waals surface area contributed by atoms with Crippen LogP contribution in [0.25, 0.3) is 0 Å². The van der Waals surface area contributed by atoms with Crippen LogP contribution in [-0.4, -0.2) is 43.9 Å². The van der Waals surface area contributed by atoms with Crippen LogP contribution in [0.3, 0.4) is 0 Å². The van der Waals surface area contributed by atoms with Gasteiger partial charge >= 0.3 is 0 Å². The molecule has 1 aromatic rings. The van der Waals surface area contributed by atoms with Crippen LogP contribution >= 0.6 is 0 Å². The Morgan fingerprint density at radius 1 is 1.37 bits per heavy atom. The first-order valence-corrected chi connectivity index (χ1v) is 7.16. The van der Waals surface area contributed by atoms with Gasteiger partial charge in [0.1, 0.15) is 6.29 Å². The molecular weight excluding hydrogens is 236 g/mol. The molecule has 3 nitrogen and oxygen atoms in total. The number of benzene rings is 1. The predicted octanol–water partition coefficient (Wildman–Crippen LogP) is 2.73. The summed E-state index contributed by atoms with van der Waals surface area (Å²) in [5.74, 6) is 0. The van der Waals surface area contributed by atoms with Crippen LogP contribution in [0, 0.1) is 6.92 Å². The summed E-state index contributed by atoms with van der Waals surface area (Å²) in [7, 11) is 2.17. The molecule has 1 fully saturated rings. The van der Waals surface area contributed by atoms with E-state index in [-0.39, 0.29) is 0 Å². The zero-order chi connectivity index (χ0) is 13.8. The van der Waals surface area contributed by atoms with E-state index < -0.39 is 0 Å². The van der Waals surface area contributed by atoms with Crippen molar-refractivity contribution in [2.24, 2.45) is 0 Å². The van der Waals surface area contributed by atoms with Crippen molar-refractivity contribution in [2.45, 2.75) is 32.7 Å². The number of carbonyl (C=O) groups is 1. The first-order chi connectivity index (χ1) is 9.15. The Hall–Kier alpha value is -1.35. The van der Waals surface area contributed by atoms with Crippen LogP contribution in [0.4, 0.5) is 5.69 Å². The Kier molecular flexibility index (Phi) is 4.59. The third-order valence-electron chi connectivity index (χ3n) is 4.34. The minimum Gasteiger partial charge on any atom is -0.372 e. The largest absolute Gasteiger partial charge is 0.372 e. The summed E-state index contributed by atoms with van der Waals surface area (Å²) >= 11 is 0. The molecule has 0 unspecified atom stereocenters. The van der Waals surface area contributed by atoms with E-state index in [1.54, 1.807) is 0 Å². The van der Waals surface area contributed by atoms with E-state index in [0.717, 1.165) is 24.0 Å².